The predicted octanol–water partition coefficient (Wildman–Crippen LogP) is 3.08. The number of halogens is 1. The number of rotatable bonds is 7. The van der Waals surface area contributed by atoms with Crippen LogP contribution in [0.25, 0.3) is 0 Å². The lowest BCUT2D eigenvalue weighted by molar-refractivity contribution is 0.370. The Morgan fingerprint density at radius 2 is 2.16 bits per heavy atom. The Labute approximate surface area is 169 Å². The number of phenolic OH excluding ortho intramolecular Hbond substituents is 1. The molecule has 0 atom stereocenters. The fourth-order valence-corrected chi connectivity index (χ4v) is 2.85. The van der Waals surface area contributed by atoms with Gasteiger partial charge in [0.25, 0.3) is 0 Å². The molecule has 2 aromatic rings. The van der Waals surface area contributed by atoms with Gasteiger partial charge in [0, 0.05) is 30.5 Å². The van der Waals surface area contributed by atoms with Crippen LogP contribution in [0.2, 0.25) is 0 Å². The number of hydrogen-bond acceptors (Lipinski definition) is 5. The van der Waals surface area contributed by atoms with Crippen LogP contribution in [0.5, 0.6) is 11.5 Å². The maximum Gasteiger partial charge on any atom is 0.191 e. The molecule has 25 heavy (non-hydrogen) atoms. The SMILES string of the molecule is CCNC(=NCc1cccc(OC)c1O)NCCc1csc(C)n1.I. The number of aliphatic imine (C=N–C) groups is 1. The second-order valence-corrected chi connectivity index (χ2v) is 6.26. The monoisotopic (exact) mass is 476 g/mol. The molecule has 0 spiro atoms. The van der Waals surface area contributed by atoms with Gasteiger partial charge >= 0.3 is 0 Å². The van der Waals surface area contributed by atoms with Gasteiger partial charge in [-0.2, -0.15) is 0 Å². The van der Waals surface area contributed by atoms with Crippen molar-refractivity contribution in [2.45, 2.75) is 26.8 Å². The molecule has 1 heterocycles. The van der Waals surface area contributed by atoms with E-state index in [0.717, 1.165) is 35.8 Å². The maximum absolute atomic E-state index is 10.1. The molecule has 0 bridgehead atoms. The van der Waals surface area contributed by atoms with Crippen molar-refractivity contribution in [3.8, 4) is 11.5 Å². The Kier molecular flexibility index (Phi) is 9.58. The van der Waals surface area contributed by atoms with Crippen LogP contribution in [-0.2, 0) is 13.0 Å². The van der Waals surface area contributed by atoms with Crippen molar-refractivity contribution in [1.82, 2.24) is 15.6 Å². The first-order valence-electron chi connectivity index (χ1n) is 7.92. The fourth-order valence-electron chi connectivity index (χ4n) is 2.20. The second-order valence-electron chi connectivity index (χ2n) is 5.20. The Morgan fingerprint density at radius 1 is 1.36 bits per heavy atom. The van der Waals surface area contributed by atoms with Crippen LogP contribution in [0.1, 0.15) is 23.2 Å². The van der Waals surface area contributed by atoms with E-state index in [0.29, 0.717) is 18.3 Å². The van der Waals surface area contributed by atoms with Crippen LogP contribution in [0.4, 0.5) is 0 Å². The van der Waals surface area contributed by atoms with Crippen molar-refractivity contribution in [1.29, 1.82) is 0 Å². The molecule has 0 aliphatic rings. The normalized spacial score (nSPS) is 10.9. The molecule has 0 unspecified atom stereocenters. The summed E-state index contributed by atoms with van der Waals surface area (Å²) in [4.78, 5) is 8.97. The van der Waals surface area contributed by atoms with Gasteiger partial charge in [-0.1, -0.05) is 12.1 Å². The Morgan fingerprint density at radius 3 is 2.80 bits per heavy atom. The number of aromatic nitrogens is 1. The quantitative estimate of drug-likeness (QED) is 0.325. The summed E-state index contributed by atoms with van der Waals surface area (Å²) in [5.74, 6) is 1.31. The fraction of sp³-hybridized carbons (Fsp3) is 0.412. The minimum atomic E-state index is 0. The predicted molar refractivity (Wildman–Crippen MR) is 113 cm³/mol. The summed E-state index contributed by atoms with van der Waals surface area (Å²) in [7, 11) is 1.54. The molecule has 1 aromatic heterocycles. The molecule has 1 aromatic carbocycles. The smallest absolute Gasteiger partial charge is 0.191 e. The Bertz CT molecular complexity index is 691. The summed E-state index contributed by atoms with van der Waals surface area (Å²) in [5, 5.41) is 19.8. The average Bonchev–Trinajstić information content (AvgIpc) is 2.99. The number of thiazole rings is 1. The Hall–Kier alpha value is -1.55. The molecule has 2 rings (SSSR count). The van der Waals surface area contributed by atoms with E-state index in [9.17, 15) is 5.11 Å². The second kappa shape index (κ2) is 11.1. The number of aryl methyl sites for hydroxylation is 1. The molecule has 138 valence electrons. The van der Waals surface area contributed by atoms with E-state index < -0.39 is 0 Å². The van der Waals surface area contributed by atoms with Gasteiger partial charge in [-0.25, -0.2) is 9.98 Å². The average molecular weight is 476 g/mol. The molecule has 3 N–H and O–H groups in total. The van der Waals surface area contributed by atoms with Gasteiger partial charge in [0.15, 0.2) is 17.5 Å². The number of nitrogens with one attached hydrogen (secondary N) is 2. The van der Waals surface area contributed by atoms with E-state index in [4.69, 9.17) is 4.74 Å². The zero-order valence-corrected chi connectivity index (χ0v) is 17.9. The highest BCUT2D eigenvalue weighted by molar-refractivity contribution is 14.0. The van der Waals surface area contributed by atoms with Gasteiger partial charge in [0.05, 0.1) is 24.4 Å². The number of nitrogens with zero attached hydrogens (tertiary/aromatic N) is 2. The van der Waals surface area contributed by atoms with Crippen LogP contribution in [0, 0.1) is 6.92 Å². The third-order valence-electron chi connectivity index (χ3n) is 3.39. The number of guanidine groups is 1. The van der Waals surface area contributed by atoms with E-state index in [1.807, 2.05) is 26.0 Å². The lowest BCUT2D eigenvalue weighted by Gasteiger charge is -2.11. The van der Waals surface area contributed by atoms with Gasteiger partial charge in [-0.3, -0.25) is 0 Å². The van der Waals surface area contributed by atoms with Crippen LogP contribution >= 0.6 is 35.3 Å². The van der Waals surface area contributed by atoms with Gasteiger partial charge in [-0.15, -0.1) is 35.3 Å². The van der Waals surface area contributed by atoms with Crippen molar-refractivity contribution >= 4 is 41.3 Å². The summed E-state index contributed by atoms with van der Waals surface area (Å²) in [6, 6.07) is 5.40. The summed E-state index contributed by atoms with van der Waals surface area (Å²) < 4.78 is 5.12. The molecule has 0 saturated heterocycles. The molecule has 0 aliphatic heterocycles. The van der Waals surface area contributed by atoms with E-state index in [1.165, 1.54) is 7.11 Å². The summed E-state index contributed by atoms with van der Waals surface area (Å²) in [6.07, 6.45) is 0.846. The van der Waals surface area contributed by atoms with Crippen LogP contribution in [0.3, 0.4) is 0 Å². The van der Waals surface area contributed by atoms with E-state index in [2.05, 4.69) is 26.0 Å². The van der Waals surface area contributed by atoms with Gasteiger partial charge in [0.1, 0.15) is 0 Å². The number of hydrogen-bond donors (Lipinski definition) is 3. The molecule has 0 aliphatic carbocycles. The van der Waals surface area contributed by atoms with Crippen LogP contribution < -0.4 is 15.4 Å². The van der Waals surface area contributed by atoms with Crippen molar-refractivity contribution in [3.63, 3.8) is 0 Å². The lowest BCUT2D eigenvalue weighted by atomic mass is 10.2. The molecule has 0 radical (unpaired) electrons. The third-order valence-corrected chi connectivity index (χ3v) is 4.22. The van der Waals surface area contributed by atoms with Crippen molar-refractivity contribution in [2.24, 2.45) is 4.99 Å². The highest BCUT2D eigenvalue weighted by Gasteiger charge is 2.07. The highest BCUT2D eigenvalue weighted by Crippen LogP contribution is 2.29. The molecular formula is C17H25IN4O2S. The summed E-state index contributed by atoms with van der Waals surface area (Å²) >= 11 is 1.66. The summed E-state index contributed by atoms with van der Waals surface area (Å²) in [5.41, 5.74) is 1.81. The first-order chi connectivity index (χ1) is 11.6. The number of methoxy groups -OCH3 is 1. The van der Waals surface area contributed by atoms with E-state index in [-0.39, 0.29) is 29.7 Å². The molecule has 6 nitrogen and oxygen atoms in total. The zero-order chi connectivity index (χ0) is 17.4. The van der Waals surface area contributed by atoms with Crippen LogP contribution in [-0.4, -0.2) is 36.2 Å². The van der Waals surface area contributed by atoms with Crippen molar-refractivity contribution in [2.75, 3.05) is 20.2 Å². The van der Waals surface area contributed by atoms with E-state index in [1.54, 1.807) is 17.4 Å². The lowest BCUT2D eigenvalue weighted by Crippen LogP contribution is -2.38. The number of para-hydroxylation sites is 1. The summed E-state index contributed by atoms with van der Waals surface area (Å²) in [6.45, 7) is 5.91. The Balaban J connectivity index is 0.00000312. The standard InChI is InChI=1S/C17H24N4O2S.HI/c1-4-18-17(19-9-8-14-11-24-12(2)21-14)20-10-13-6-5-7-15(23-3)16(13)22;/h5-7,11,22H,4,8-10H2,1-3H3,(H2,18,19,20);1H. The topological polar surface area (TPSA) is 78.8 Å². The minimum absolute atomic E-state index is 0. The number of aromatic hydroxyl groups is 1. The number of ether oxygens (including phenoxy) is 1. The van der Waals surface area contributed by atoms with Crippen molar-refractivity contribution in [3.05, 3.63) is 39.8 Å². The third kappa shape index (κ3) is 6.69. The molecule has 8 heteroatoms. The van der Waals surface area contributed by atoms with E-state index >= 15 is 0 Å². The highest BCUT2D eigenvalue weighted by atomic mass is 127. The molecule has 0 amide bonds. The first kappa shape index (κ1) is 21.5. The van der Waals surface area contributed by atoms with Gasteiger partial charge in [0.2, 0.25) is 0 Å². The molecule has 0 fully saturated rings. The van der Waals surface area contributed by atoms with Gasteiger partial charge in [-0.05, 0) is 19.9 Å². The number of benzene rings is 1. The number of phenols is 1. The zero-order valence-electron chi connectivity index (χ0n) is 14.7. The molecular weight excluding hydrogens is 451 g/mol. The van der Waals surface area contributed by atoms with Crippen LogP contribution in [0.15, 0.2) is 28.6 Å². The maximum atomic E-state index is 10.1. The van der Waals surface area contributed by atoms with Gasteiger partial charge < -0.3 is 20.5 Å². The van der Waals surface area contributed by atoms with Crippen molar-refractivity contribution < 1.29 is 9.84 Å². The molecule has 0 saturated carbocycles. The minimum Gasteiger partial charge on any atom is -0.504 e. The largest absolute Gasteiger partial charge is 0.504 e. The first-order valence-corrected chi connectivity index (χ1v) is 8.80.